The molecule has 41 heavy (non-hydrogen) atoms. The summed E-state index contributed by atoms with van der Waals surface area (Å²) in [7, 11) is 0. The van der Waals surface area contributed by atoms with Gasteiger partial charge in [-0.05, 0) is 64.2 Å². The lowest BCUT2D eigenvalue weighted by Gasteiger charge is -2.15. The van der Waals surface area contributed by atoms with Gasteiger partial charge in [0, 0.05) is 39.6 Å². The molecule has 0 N–H and O–H groups in total. The molecule has 192 valence electrons. The predicted molar refractivity (Wildman–Crippen MR) is 170 cm³/mol. The molecule has 0 saturated carbocycles. The summed E-state index contributed by atoms with van der Waals surface area (Å²) in [6.45, 7) is 0. The molecule has 1 aliphatic carbocycles. The lowest BCUT2D eigenvalue weighted by molar-refractivity contribution is 1.01. The van der Waals surface area contributed by atoms with Crippen molar-refractivity contribution in [2.75, 3.05) is 0 Å². The van der Waals surface area contributed by atoms with Gasteiger partial charge in [-0.3, -0.25) is 0 Å². The van der Waals surface area contributed by atoms with Crippen LogP contribution in [0.5, 0.6) is 0 Å². The minimum Gasteiger partial charge on any atom is -0.315 e. The van der Waals surface area contributed by atoms with Crippen LogP contribution < -0.4 is 0 Å². The van der Waals surface area contributed by atoms with Crippen molar-refractivity contribution in [3.05, 3.63) is 168 Å². The highest BCUT2D eigenvalue weighted by molar-refractivity contribution is 6.18. The Hall–Kier alpha value is -5.34. The first-order valence-electron chi connectivity index (χ1n) is 14.2. The van der Waals surface area contributed by atoms with Gasteiger partial charge in [-0.15, -0.1) is 0 Å². The molecule has 0 aliphatic heterocycles. The molecule has 0 amide bonds. The Morgan fingerprint density at radius 3 is 2.07 bits per heavy atom. The van der Waals surface area contributed by atoms with Crippen molar-refractivity contribution in [3.8, 4) is 22.5 Å². The van der Waals surface area contributed by atoms with Gasteiger partial charge in [0.25, 0.3) is 0 Å². The quantitative estimate of drug-likeness (QED) is 0.218. The summed E-state index contributed by atoms with van der Waals surface area (Å²) < 4.78 is 4.81. The molecule has 2 heterocycles. The maximum atomic E-state index is 2.43. The van der Waals surface area contributed by atoms with E-state index in [9.17, 15) is 0 Å². The summed E-state index contributed by atoms with van der Waals surface area (Å²) in [5.74, 6) is 0.255. The first-order valence-corrected chi connectivity index (χ1v) is 14.2. The summed E-state index contributed by atoms with van der Waals surface area (Å²) in [5.41, 5.74) is 12.8. The molecular formula is C39H26N2. The first kappa shape index (κ1) is 22.5. The molecule has 9 rings (SSSR count). The van der Waals surface area contributed by atoms with Crippen molar-refractivity contribution in [2.45, 2.75) is 5.92 Å². The van der Waals surface area contributed by atoms with Crippen LogP contribution in [0.2, 0.25) is 0 Å². The summed E-state index contributed by atoms with van der Waals surface area (Å²) in [6, 6.07) is 53.1. The molecule has 0 saturated heterocycles. The van der Waals surface area contributed by atoms with Gasteiger partial charge in [0.1, 0.15) is 0 Å². The third-order valence-electron chi connectivity index (χ3n) is 8.82. The van der Waals surface area contributed by atoms with Gasteiger partial charge in [-0.1, -0.05) is 109 Å². The third-order valence-corrected chi connectivity index (χ3v) is 8.82. The van der Waals surface area contributed by atoms with E-state index in [4.69, 9.17) is 0 Å². The largest absolute Gasteiger partial charge is 0.315 e. The van der Waals surface area contributed by atoms with E-state index < -0.39 is 0 Å². The van der Waals surface area contributed by atoms with Crippen LogP contribution in [-0.2, 0) is 0 Å². The van der Waals surface area contributed by atoms with Gasteiger partial charge >= 0.3 is 0 Å². The molecule has 0 radical (unpaired) electrons. The van der Waals surface area contributed by atoms with Crippen LogP contribution in [0.3, 0.4) is 0 Å². The summed E-state index contributed by atoms with van der Waals surface area (Å²) >= 11 is 0. The van der Waals surface area contributed by atoms with E-state index in [0.29, 0.717) is 0 Å². The second-order valence-electron chi connectivity index (χ2n) is 11.0. The monoisotopic (exact) mass is 522 g/mol. The maximum Gasteiger partial charge on any atom is 0.0788 e. The van der Waals surface area contributed by atoms with E-state index >= 15 is 0 Å². The zero-order valence-electron chi connectivity index (χ0n) is 22.4. The van der Waals surface area contributed by atoms with Crippen LogP contribution in [0.1, 0.15) is 22.6 Å². The average Bonchev–Trinajstić information content (AvgIpc) is 3.72. The Bertz CT molecular complexity index is 2250. The van der Waals surface area contributed by atoms with Crippen molar-refractivity contribution >= 4 is 32.7 Å². The van der Waals surface area contributed by atoms with Crippen molar-refractivity contribution < 1.29 is 0 Å². The average molecular weight is 523 g/mol. The normalized spacial score (nSPS) is 14.1. The predicted octanol–water partition coefficient (Wildman–Crippen LogP) is 9.89. The molecule has 1 unspecified atom stereocenters. The zero-order chi connectivity index (χ0) is 26.9. The molecule has 0 fully saturated rings. The van der Waals surface area contributed by atoms with E-state index in [1.165, 1.54) is 71.9 Å². The number of para-hydroxylation sites is 2. The molecule has 0 spiro atoms. The van der Waals surface area contributed by atoms with E-state index in [0.717, 1.165) is 0 Å². The summed E-state index contributed by atoms with van der Waals surface area (Å²) in [6.07, 6.45) is 2.23. The van der Waals surface area contributed by atoms with Gasteiger partial charge in [0.05, 0.1) is 16.6 Å². The van der Waals surface area contributed by atoms with Crippen LogP contribution in [0.4, 0.5) is 0 Å². The van der Waals surface area contributed by atoms with Gasteiger partial charge < -0.3 is 9.13 Å². The fourth-order valence-corrected chi connectivity index (χ4v) is 7.08. The molecular weight excluding hydrogens is 496 g/mol. The van der Waals surface area contributed by atoms with Gasteiger partial charge in [-0.2, -0.15) is 0 Å². The summed E-state index contributed by atoms with van der Waals surface area (Å²) in [5, 5.41) is 3.78. The molecule has 2 nitrogen and oxygen atoms in total. The van der Waals surface area contributed by atoms with Crippen LogP contribution in [-0.4, -0.2) is 9.13 Å². The molecule has 8 aromatic rings. The van der Waals surface area contributed by atoms with Crippen molar-refractivity contribution in [1.29, 1.82) is 0 Å². The fourth-order valence-electron chi connectivity index (χ4n) is 7.08. The standard InChI is InChI=1S/C39H26N2/c1-3-11-26(12-4-1)37-32-17-8-7-15-30(32)35-25-29(20-22-33(35)37)40-24-23-27-19-21-34-31-16-9-10-18-36(31)41(39(34)38(27)40)28-13-5-2-6-14-28/h1-25,37H. The molecule has 2 aromatic heterocycles. The topological polar surface area (TPSA) is 9.86 Å². The lowest BCUT2D eigenvalue weighted by atomic mass is 9.89. The van der Waals surface area contributed by atoms with E-state index in [1.54, 1.807) is 0 Å². The third kappa shape index (κ3) is 3.19. The number of fused-ring (bicyclic) bond motifs is 8. The maximum absolute atomic E-state index is 2.43. The zero-order valence-corrected chi connectivity index (χ0v) is 22.4. The highest BCUT2D eigenvalue weighted by atomic mass is 15.0. The van der Waals surface area contributed by atoms with Crippen molar-refractivity contribution in [2.24, 2.45) is 0 Å². The van der Waals surface area contributed by atoms with Crippen molar-refractivity contribution in [1.82, 2.24) is 9.13 Å². The Morgan fingerprint density at radius 2 is 1.20 bits per heavy atom. The van der Waals surface area contributed by atoms with Gasteiger partial charge in [-0.25, -0.2) is 0 Å². The number of hydrogen-bond donors (Lipinski definition) is 0. The highest BCUT2D eigenvalue weighted by Crippen LogP contribution is 2.49. The minimum atomic E-state index is 0.255. The van der Waals surface area contributed by atoms with E-state index in [-0.39, 0.29) is 5.92 Å². The fraction of sp³-hybridized carbons (Fsp3) is 0.0256. The van der Waals surface area contributed by atoms with Gasteiger partial charge in [0.15, 0.2) is 0 Å². The molecule has 2 heteroatoms. The van der Waals surface area contributed by atoms with E-state index in [2.05, 4.69) is 161 Å². The second kappa shape index (κ2) is 8.58. The van der Waals surface area contributed by atoms with Crippen LogP contribution >= 0.6 is 0 Å². The smallest absolute Gasteiger partial charge is 0.0788 e. The van der Waals surface area contributed by atoms with Crippen molar-refractivity contribution in [3.63, 3.8) is 0 Å². The first-order chi connectivity index (χ1) is 20.4. The number of nitrogens with zero attached hydrogens (tertiary/aromatic N) is 2. The molecule has 0 bridgehead atoms. The van der Waals surface area contributed by atoms with E-state index in [1.807, 2.05) is 0 Å². The number of aromatic nitrogens is 2. The van der Waals surface area contributed by atoms with Crippen LogP contribution in [0.25, 0.3) is 55.2 Å². The number of benzene rings is 6. The second-order valence-corrected chi connectivity index (χ2v) is 11.0. The summed E-state index contributed by atoms with van der Waals surface area (Å²) in [4.78, 5) is 0. The van der Waals surface area contributed by atoms with Crippen LogP contribution in [0.15, 0.2) is 152 Å². The Kier molecular flexibility index (Phi) is 4.70. The Labute approximate surface area is 238 Å². The Balaban J connectivity index is 1.33. The SMILES string of the molecule is c1ccc(C2c3ccccc3-c3cc(-n4ccc5ccc6c7ccccc7n(-c7ccccc7)c6c54)ccc32)cc1. The minimum absolute atomic E-state index is 0.255. The Morgan fingerprint density at radius 1 is 0.463 bits per heavy atom. The molecule has 6 aromatic carbocycles. The molecule has 1 aliphatic rings. The molecule has 1 atom stereocenters. The lowest BCUT2D eigenvalue weighted by Crippen LogP contribution is -2.00. The number of rotatable bonds is 3. The van der Waals surface area contributed by atoms with Gasteiger partial charge in [0.2, 0.25) is 0 Å². The highest BCUT2D eigenvalue weighted by Gasteiger charge is 2.30. The van der Waals surface area contributed by atoms with Crippen LogP contribution in [0, 0.1) is 0 Å². The number of hydrogen-bond acceptors (Lipinski definition) is 0.